The van der Waals surface area contributed by atoms with E-state index >= 15 is 0 Å². The van der Waals surface area contributed by atoms with E-state index in [2.05, 4.69) is 15.5 Å². The Balaban J connectivity index is 1.99. The highest BCUT2D eigenvalue weighted by molar-refractivity contribution is 8.01. The summed E-state index contributed by atoms with van der Waals surface area (Å²) >= 11 is 3.10. The van der Waals surface area contributed by atoms with Crippen molar-refractivity contribution in [2.24, 2.45) is 0 Å². The van der Waals surface area contributed by atoms with Gasteiger partial charge in [-0.3, -0.25) is 0 Å². The van der Waals surface area contributed by atoms with Crippen LogP contribution in [0.2, 0.25) is 0 Å². The van der Waals surface area contributed by atoms with Gasteiger partial charge in [0.2, 0.25) is 5.13 Å². The third-order valence-electron chi connectivity index (χ3n) is 2.36. The van der Waals surface area contributed by atoms with Crippen LogP contribution in [0.3, 0.4) is 0 Å². The molecule has 0 radical (unpaired) electrons. The number of rotatable bonds is 8. The molecule has 0 aliphatic rings. The summed E-state index contributed by atoms with van der Waals surface area (Å²) in [6.45, 7) is 2.79. The first-order valence-corrected chi connectivity index (χ1v) is 8.19. The number of aromatic nitrogens is 2. The van der Waals surface area contributed by atoms with Crippen LogP contribution >= 0.6 is 23.1 Å². The summed E-state index contributed by atoms with van der Waals surface area (Å²) in [5.41, 5.74) is 0.886. The lowest BCUT2D eigenvalue weighted by Gasteiger charge is -2.09. The van der Waals surface area contributed by atoms with Crippen LogP contribution in [-0.2, 0) is 0 Å². The molecule has 108 valence electrons. The summed E-state index contributed by atoms with van der Waals surface area (Å²) in [7, 11) is 0. The summed E-state index contributed by atoms with van der Waals surface area (Å²) in [6.07, 6.45) is 0.764. The first-order valence-electron chi connectivity index (χ1n) is 6.39. The fourth-order valence-electron chi connectivity index (χ4n) is 1.51. The fourth-order valence-corrected chi connectivity index (χ4v) is 3.27. The Morgan fingerprint density at radius 2 is 2.20 bits per heavy atom. The van der Waals surface area contributed by atoms with Crippen LogP contribution in [0.5, 0.6) is 5.75 Å². The molecule has 1 aromatic heterocycles. The van der Waals surface area contributed by atoms with Gasteiger partial charge >= 0.3 is 0 Å². The number of ether oxygens (including phenoxy) is 1. The van der Waals surface area contributed by atoms with Crippen molar-refractivity contribution in [3.05, 3.63) is 24.3 Å². The highest BCUT2D eigenvalue weighted by atomic mass is 32.2. The monoisotopic (exact) mass is 311 g/mol. The molecule has 5 nitrogen and oxygen atoms in total. The standard InChI is InChI=1S/C13H17N3O2S2/c1-2-18-11-7-4-3-6-10(11)14-12-15-16-13(20-12)19-9-5-8-17/h3-4,6-7,17H,2,5,8-9H2,1H3,(H,14,15). The lowest BCUT2D eigenvalue weighted by atomic mass is 10.3. The van der Waals surface area contributed by atoms with Crippen molar-refractivity contribution in [2.75, 3.05) is 24.3 Å². The molecule has 0 spiro atoms. The Morgan fingerprint density at radius 1 is 1.35 bits per heavy atom. The van der Waals surface area contributed by atoms with E-state index in [1.807, 2.05) is 31.2 Å². The predicted molar refractivity (Wildman–Crippen MR) is 83.2 cm³/mol. The molecule has 7 heteroatoms. The van der Waals surface area contributed by atoms with Crippen molar-refractivity contribution in [1.82, 2.24) is 10.2 Å². The van der Waals surface area contributed by atoms with Crippen LogP contribution < -0.4 is 10.1 Å². The zero-order chi connectivity index (χ0) is 14.2. The maximum Gasteiger partial charge on any atom is 0.210 e. The number of para-hydroxylation sites is 2. The van der Waals surface area contributed by atoms with E-state index in [-0.39, 0.29) is 6.61 Å². The van der Waals surface area contributed by atoms with Crippen molar-refractivity contribution in [3.63, 3.8) is 0 Å². The SMILES string of the molecule is CCOc1ccccc1Nc1nnc(SCCCO)s1. The molecule has 2 rings (SSSR count). The third kappa shape index (κ3) is 4.36. The van der Waals surface area contributed by atoms with E-state index in [1.54, 1.807) is 11.8 Å². The molecule has 0 bridgehead atoms. The molecule has 20 heavy (non-hydrogen) atoms. The number of hydrogen-bond acceptors (Lipinski definition) is 7. The molecule has 0 aliphatic heterocycles. The summed E-state index contributed by atoms with van der Waals surface area (Å²) in [5, 5.41) is 20.9. The van der Waals surface area contributed by atoms with Crippen LogP contribution in [0.4, 0.5) is 10.8 Å². The molecule has 0 saturated heterocycles. The van der Waals surface area contributed by atoms with Gasteiger partial charge in [-0.15, -0.1) is 10.2 Å². The van der Waals surface area contributed by atoms with E-state index in [9.17, 15) is 0 Å². The third-order valence-corrected chi connectivity index (χ3v) is 4.42. The van der Waals surface area contributed by atoms with Crippen LogP contribution in [0.15, 0.2) is 28.6 Å². The van der Waals surface area contributed by atoms with Crippen molar-refractivity contribution in [1.29, 1.82) is 0 Å². The molecule has 1 aromatic carbocycles. The second kappa shape index (κ2) is 8.08. The number of hydrogen-bond donors (Lipinski definition) is 2. The van der Waals surface area contributed by atoms with Crippen LogP contribution in [0.1, 0.15) is 13.3 Å². The van der Waals surface area contributed by atoms with Crippen LogP contribution in [0.25, 0.3) is 0 Å². The Bertz CT molecular complexity index is 534. The molecule has 0 saturated carbocycles. The van der Waals surface area contributed by atoms with Gasteiger partial charge in [0, 0.05) is 12.4 Å². The minimum Gasteiger partial charge on any atom is -0.492 e. The summed E-state index contributed by atoms with van der Waals surface area (Å²) < 4.78 is 6.45. The van der Waals surface area contributed by atoms with Gasteiger partial charge in [-0.05, 0) is 25.5 Å². The number of nitrogens with one attached hydrogen (secondary N) is 1. The van der Waals surface area contributed by atoms with Crippen molar-refractivity contribution in [2.45, 2.75) is 17.7 Å². The maximum absolute atomic E-state index is 8.75. The van der Waals surface area contributed by atoms with Gasteiger partial charge in [-0.1, -0.05) is 35.2 Å². The van der Waals surface area contributed by atoms with Crippen molar-refractivity contribution < 1.29 is 9.84 Å². The van der Waals surface area contributed by atoms with E-state index in [4.69, 9.17) is 9.84 Å². The van der Waals surface area contributed by atoms with Crippen LogP contribution in [0, 0.1) is 0 Å². The van der Waals surface area contributed by atoms with Gasteiger partial charge in [0.1, 0.15) is 5.75 Å². The van der Waals surface area contributed by atoms with Gasteiger partial charge in [0.05, 0.1) is 12.3 Å². The average molecular weight is 311 g/mol. The van der Waals surface area contributed by atoms with Crippen molar-refractivity contribution >= 4 is 33.9 Å². The number of thioether (sulfide) groups is 1. The first kappa shape index (κ1) is 15.1. The number of anilines is 2. The molecule has 0 amide bonds. The molecular formula is C13H17N3O2S2. The second-order valence-electron chi connectivity index (χ2n) is 3.85. The maximum atomic E-state index is 8.75. The van der Waals surface area contributed by atoms with E-state index in [0.717, 1.165) is 33.1 Å². The van der Waals surface area contributed by atoms with E-state index in [1.165, 1.54) is 11.3 Å². The average Bonchev–Trinajstić information content (AvgIpc) is 2.89. The van der Waals surface area contributed by atoms with Gasteiger partial charge in [-0.25, -0.2) is 0 Å². The highest BCUT2D eigenvalue weighted by Gasteiger charge is 2.08. The lowest BCUT2D eigenvalue weighted by Crippen LogP contribution is -1.97. The van der Waals surface area contributed by atoms with Gasteiger partial charge < -0.3 is 15.2 Å². The summed E-state index contributed by atoms with van der Waals surface area (Å²) in [4.78, 5) is 0. The Kier molecular flexibility index (Phi) is 6.10. The molecule has 0 atom stereocenters. The number of aliphatic hydroxyl groups excluding tert-OH is 1. The lowest BCUT2D eigenvalue weighted by molar-refractivity contribution is 0.296. The molecular weight excluding hydrogens is 294 g/mol. The number of benzene rings is 1. The molecule has 0 unspecified atom stereocenters. The zero-order valence-corrected chi connectivity index (χ0v) is 12.8. The summed E-state index contributed by atoms with van der Waals surface area (Å²) in [5.74, 6) is 1.65. The summed E-state index contributed by atoms with van der Waals surface area (Å²) in [6, 6.07) is 7.75. The minimum absolute atomic E-state index is 0.207. The highest BCUT2D eigenvalue weighted by Crippen LogP contribution is 2.31. The second-order valence-corrected chi connectivity index (χ2v) is 6.17. The predicted octanol–water partition coefficient (Wildman–Crippen LogP) is 3.15. The number of aliphatic hydroxyl groups is 1. The minimum atomic E-state index is 0.207. The Labute approximate surface area is 126 Å². The smallest absolute Gasteiger partial charge is 0.210 e. The van der Waals surface area contributed by atoms with Crippen LogP contribution in [-0.4, -0.2) is 34.3 Å². The molecule has 0 fully saturated rings. The Morgan fingerprint density at radius 3 is 3.00 bits per heavy atom. The van der Waals surface area contributed by atoms with E-state index in [0.29, 0.717) is 6.61 Å². The molecule has 2 aromatic rings. The van der Waals surface area contributed by atoms with Gasteiger partial charge in [0.25, 0.3) is 0 Å². The largest absolute Gasteiger partial charge is 0.492 e. The first-order chi connectivity index (χ1) is 9.83. The zero-order valence-electron chi connectivity index (χ0n) is 11.2. The van der Waals surface area contributed by atoms with Gasteiger partial charge in [-0.2, -0.15) is 0 Å². The number of nitrogens with zero attached hydrogens (tertiary/aromatic N) is 2. The Hall–Kier alpha value is -1.31. The molecule has 0 aliphatic carbocycles. The normalized spacial score (nSPS) is 10.5. The fraction of sp³-hybridized carbons (Fsp3) is 0.385. The topological polar surface area (TPSA) is 67.3 Å². The molecule has 2 N–H and O–H groups in total. The van der Waals surface area contributed by atoms with Crippen molar-refractivity contribution in [3.8, 4) is 5.75 Å². The van der Waals surface area contributed by atoms with Gasteiger partial charge in [0.15, 0.2) is 4.34 Å². The van der Waals surface area contributed by atoms with E-state index < -0.39 is 0 Å². The quantitative estimate of drug-likeness (QED) is 0.576. The molecule has 1 heterocycles.